The molecule has 1 atom stereocenters. The van der Waals surface area contributed by atoms with Crippen LogP contribution in [-0.4, -0.2) is 67.4 Å². The lowest BCUT2D eigenvalue weighted by atomic mass is 10.1. The van der Waals surface area contributed by atoms with Gasteiger partial charge in [0.15, 0.2) is 6.23 Å². The summed E-state index contributed by atoms with van der Waals surface area (Å²) in [7, 11) is 3.74. The van der Waals surface area contributed by atoms with Gasteiger partial charge in [0, 0.05) is 32.7 Å². The first kappa shape index (κ1) is 18.3. The lowest BCUT2D eigenvalue weighted by molar-refractivity contribution is -0.132. The number of anilines is 1. The standard InChI is InChI=1S/C17H21Cl2N3O3/c1-20-5-7-21(8-6-20)12-4-3-11(9-13(12)25-2)10-22-16(23)14(18)15(19)17(22)24/h3-4,9,16,23H,5-8,10H2,1-2H3. The molecule has 0 aromatic heterocycles. The predicted molar refractivity (Wildman–Crippen MR) is 98.0 cm³/mol. The van der Waals surface area contributed by atoms with Crippen LogP contribution in [0, 0.1) is 0 Å². The molecule has 0 aliphatic carbocycles. The molecule has 1 aromatic rings. The molecule has 8 heteroatoms. The molecule has 2 aliphatic heterocycles. The Hall–Kier alpha value is -1.47. The van der Waals surface area contributed by atoms with Gasteiger partial charge in [0.2, 0.25) is 0 Å². The van der Waals surface area contributed by atoms with Crippen LogP contribution >= 0.6 is 23.2 Å². The lowest BCUT2D eigenvalue weighted by Gasteiger charge is -2.35. The van der Waals surface area contributed by atoms with Crippen molar-refractivity contribution in [2.24, 2.45) is 0 Å². The molecule has 6 nitrogen and oxygen atoms in total. The van der Waals surface area contributed by atoms with Crippen LogP contribution in [0.4, 0.5) is 5.69 Å². The molecule has 136 valence electrons. The zero-order valence-corrected chi connectivity index (χ0v) is 15.7. The first-order valence-electron chi connectivity index (χ1n) is 8.07. The number of benzene rings is 1. The minimum Gasteiger partial charge on any atom is -0.495 e. The molecule has 3 rings (SSSR count). The molecule has 1 amide bonds. The highest BCUT2D eigenvalue weighted by molar-refractivity contribution is 6.49. The smallest absolute Gasteiger partial charge is 0.269 e. The van der Waals surface area contributed by atoms with Crippen molar-refractivity contribution in [2.75, 3.05) is 45.2 Å². The van der Waals surface area contributed by atoms with Crippen molar-refractivity contribution in [3.8, 4) is 5.75 Å². The fourth-order valence-electron chi connectivity index (χ4n) is 3.07. The summed E-state index contributed by atoms with van der Waals surface area (Å²) in [6.45, 7) is 4.07. The van der Waals surface area contributed by atoms with Crippen molar-refractivity contribution in [1.29, 1.82) is 0 Å². The number of aliphatic hydroxyl groups is 1. The third-order valence-electron chi connectivity index (χ3n) is 4.62. The Morgan fingerprint density at radius 3 is 2.48 bits per heavy atom. The molecule has 0 radical (unpaired) electrons. The van der Waals surface area contributed by atoms with Crippen LogP contribution < -0.4 is 9.64 Å². The van der Waals surface area contributed by atoms with Crippen molar-refractivity contribution in [3.63, 3.8) is 0 Å². The van der Waals surface area contributed by atoms with Crippen LogP contribution in [-0.2, 0) is 11.3 Å². The third-order valence-corrected chi connectivity index (χ3v) is 5.47. The molecule has 1 fully saturated rings. The second-order valence-electron chi connectivity index (χ2n) is 6.27. The van der Waals surface area contributed by atoms with E-state index in [4.69, 9.17) is 27.9 Å². The summed E-state index contributed by atoms with van der Waals surface area (Å²) in [6.07, 6.45) is -1.20. The Morgan fingerprint density at radius 1 is 1.24 bits per heavy atom. The monoisotopic (exact) mass is 385 g/mol. The van der Waals surface area contributed by atoms with Crippen LogP contribution in [0.1, 0.15) is 5.56 Å². The van der Waals surface area contributed by atoms with Gasteiger partial charge < -0.3 is 24.5 Å². The van der Waals surface area contributed by atoms with Crippen LogP contribution in [0.2, 0.25) is 0 Å². The number of hydrogen-bond acceptors (Lipinski definition) is 5. The maximum absolute atomic E-state index is 12.1. The summed E-state index contributed by atoms with van der Waals surface area (Å²) in [5.74, 6) is 0.273. The number of ether oxygens (including phenoxy) is 1. The first-order valence-corrected chi connectivity index (χ1v) is 8.82. The maximum Gasteiger partial charge on any atom is 0.269 e. The number of nitrogens with zero attached hydrogens (tertiary/aromatic N) is 3. The molecule has 1 unspecified atom stereocenters. The number of halogens is 2. The Morgan fingerprint density at radius 2 is 1.92 bits per heavy atom. The second-order valence-corrected chi connectivity index (χ2v) is 7.05. The van der Waals surface area contributed by atoms with E-state index in [1.54, 1.807) is 7.11 Å². The Labute approximate surface area is 157 Å². The highest BCUT2D eigenvalue weighted by atomic mass is 35.5. The van der Waals surface area contributed by atoms with Crippen LogP contribution in [0.5, 0.6) is 5.75 Å². The van der Waals surface area contributed by atoms with Gasteiger partial charge in [-0.3, -0.25) is 4.79 Å². The minimum atomic E-state index is -1.20. The second kappa shape index (κ2) is 7.41. The van der Waals surface area contributed by atoms with Crippen LogP contribution in [0.15, 0.2) is 28.3 Å². The van der Waals surface area contributed by atoms with Gasteiger partial charge in [0.05, 0.1) is 17.8 Å². The summed E-state index contributed by atoms with van der Waals surface area (Å²) in [6, 6.07) is 5.80. The van der Waals surface area contributed by atoms with Gasteiger partial charge in [-0.05, 0) is 24.7 Å². The van der Waals surface area contributed by atoms with Gasteiger partial charge in [0.25, 0.3) is 5.91 Å². The van der Waals surface area contributed by atoms with E-state index in [9.17, 15) is 9.90 Å². The van der Waals surface area contributed by atoms with E-state index in [1.165, 1.54) is 4.90 Å². The predicted octanol–water partition coefficient (Wildman–Crippen LogP) is 1.80. The van der Waals surface area contributed by atoms with E-state index in [0.717, 1.165) is 43.2 Å². The van der Waals surface area contributed by atoms with E-state index in [0.29, 0.717) is 0 Å². The van der Waals surface area contributed by atoms with Crippen molar-refractivity contribution < 1.29 is 14.6 Å². The Balaban J connectivity index is 1.77. The Bertz CT molecular complexity index is 702. The van der Waals surface area contributed by atoms with Crippen molar-refractivity contribution in [1.82, 2.24) is 9.80 Å². The zero-order chi connectivity index (χ0) is 18.1. The van der Waals surface area contributed by atoms with Crippen molar-refractivity contribution in [3.05, 3.63) is 33.8 Å². The summed E-state index contributed by atoms with van der Waals surface area (Å²) in [5, 5.41) is 9.89. The van der Waals surface area contributed by atoms with Gasteiger partial charge in [-0.25, -0.2) is 0 Å². The molecule has 0 saturated carbocycles. The fourth-order valence-corrected chi connectivity index (χ4v) is 3.48. The number of methoxy groups -OCH3 is 1. The maximum atomic E-state index is 12.1. The normalized spacial score (nSPS) is 22.1. The molecule has 1 saturated heterocycles. The quantitative estimate of drug-likeness (QED) is 0.856. The van der Waals surface area contributed by atoms with Gasteiger partial charge in [-0.15, -0.1) is 0 Å². The zero-order valence-electron chi connectivity index (χ0n) is 14.2. The molecule has 25 heavy (non-hydrogen) atoms. The number of carbonyl (C=O) groups excluding carboxylic acids is 1. The van der Waals surface area contributed by atoms with Gasteiger partial charge >= 0.3 is 0 Å². The van der Waals surface area contributed by atoms with Crippen molar-refractivity contribution >= 4 is 34.8 Å². The molecule has 2 heterocycles. The number of aliphatic hydroxyl groups excluding tert-OH is 1. The molecule has 0 bridgehead atoms. The number of carbonyl (C=O) groups is 1. The van der Waals surface area contributed by atoms with Crippen LogP contribution in [0.25, 0.3) is 0 Å². The SMILES string of the molecule is COc1cc(CN2C(=O)C(Cl)=C(Cl)C2O)ccc1N1CCN(C)CC1. The highest BCUT2D eigenvalue weighted by Gasteiger charge is 2.36. The lowest BCUT2D eigenvalue weighted by Crippen LogP contribution is -2.44. The summed E-state index contributed by atoms with van der Waals surface area (Å²) < 4.78 is 5.54. The fraction of sp³-hybridized carbons (Fsp3) is 0.471. The average molecular weight is 386 g/mol. The molecular formula is C17H21Cl2N3O3. The largest absolute Gasteiger partial charge is 0.495 e. The molecule has 1 aromatic carbocycles. The minimum absolute atomic E-state index is 0.0345. The van der Waals surface area contributed by atoms with Crippen LogP contribution in [0.3, 0.4) is 0 Å². The van der Waals surface area contributed by atoms with Gasteiger partial charge in [0.1, 0.15) is 10.8 Å². The average Bonchev–Trinajstić information content (AvgIpc) is 2.80. The van der Waals surface area contributed by atoms with Gasteiger partial charge in [-0.1, -0.05) is 29.3 Å². The summed E-state index contributed by atoms with van der Waals surface area (Å²) >= 11 is 11.7. The third kappa shape index (κ3) is 3.58. The van der Waals surface area contributed by atoms with E-state index < -0.39 is 12.1 Å². The molecule has 1 N–H and O–H groups in total. The van der Waals surface area contributed by atoms with Gasteiger partial charge in [-0.2, -0.15) is 0 Å². The summed E-state index contributed by atoms with van der Waals surface area (Å²) in [4.78, 5) is 17.9. The highest BCUT2D eigenvalue weighted by Crippen LogP contribution is 2.34. The van der Waals surface area contributed by atoms with E-state index in [-0.39, 0.29) is 16.6 Å². The number of amides is 1. The number of hydrogen-bond donors (Lipinski definition) is 1. The Kier molecular flexibility index (Phi) is 5.43. The first-order chi connectivity index (χ1) is 11.9. The molecular weight excluding hydrogens is 365 g/mol. The molecule has 0 spiro atoms. The number of rotatable bonds is 4. The molecule has 2 aliphatic rings. The van der Waals surface area contributed by atoms with E-state index >= 15 is 0 Å². The van der Waals surface area contributed by atoms with E-state index in [2.05, 4.69) is 16.8 Å². The van der Waals surface area contributed by atoms with E-state index in [1.807, 2.05) is 18.2 Å². The van der Waals surface area contributed by atoms with Crippen molar-refractivity contribution in [2.45, 2.75) is 12.8 Å². The number of likely N-dealkylation sites (N-methyl/N-ethyl adjacent to an activating group) is 1. The number of piperazine rings is 1. The topological polar surface area (TPSA) is 56.2 Å². The summed E-state index contributed by atoms with van der Waals surface area (Å²) in [5.41, 5.74) is 1.86.